The zero-order valence-corrected chi connectivity index (χ0v) is 12.9. The summed E-state index contributed by atoms with van der Waals surface area (Å²) in [5, 5.41) is 11.8. The molecule has 3 aromatic rings. The lowest BCUT2D eigenvalue weighted by molar-refractivity contribution is 0.313. The van der Waals surface area contributed by atoms with Crippen molar-refractivity contribution in [2.45, 2.75) is 6.92 Å². The first-order chi connectivity index (χ1) is 11.3. The van der Waals surface area contributed by atoms with Gasteiger partial charge in [-0.25, -0.2) is 10.1 Å². The number of rotatable bonds is 3. The van der Waals surface area contributed by atoms with Crippen LogP contribution in [0, 0.1) is 6.92 Å². The highest BCUT2D eigenvalue weighted by Gasteiger charge is 2.14. The predicted octanol–water partition coefficient (Wildman–Crippen LogP) is 4.97. The average Bonchev–Trinajstić information content (AvgIpc) is 2.62. The number of nitrogens with zero attached hydrogens (tertiary/aromatic N) is 2. The van der Waals surface area contributed by atoms with Crippen molar-refractivity contribution in [2.75, 3.05) is 5.06 Å². The van der Waals surface area contributed by atoms with E-state index in [1.165, 1.54) is 0 Å². The largest absolute Gasteiger partial charge is 0.282 e. The summed E-state index contributed by atoms with van der Waals surface area (Å²) in [5.74, 6) is 0.492. The third-order valence-corrected chi connectivity index (χ3v) is 3.58. The Hall–Kier alpha value is -2.91. The number of amidine groups is 1. The van der Waals surface area contributed by atoms with Gasteiger partial charge >= 0.3 is 0 Å². The van der Waals surface area contributed by atoms with Crippen LogP contribution in [0.4, 0.5) is 11.4 Å². The van der Waals surface area contributed by atoms with Gasteiger partial charge < -0.3 is 0 Å². The molecule has 1 N–H and O–H groups in total. The Bertz CT molecular complexity index is 798. The average molecular weight is 302 g/mol. The van der Waals surface area contributed by atoms with Gasteiger partial charge in [-0.2, -0.15) is 0 Å². The van der Waals surface area contributed by atoms with Crippen LogP contribution >= 0.6 is 0 Å². The molecule has 0 aromatic heterocycles. The van der Waals surface area contributed by atoms with Crippen LogP contribution in [-0.2, 0) is 0 Å². The molecule has 0 spiro atoms. The standard InChI is InChI=1S/C20H18N2O/c1-16-10-8-9-15-19(16)21-20(17-11-4-2-5-12-17)22(23)18-13-6-3-7-14-18/h2-15,23H,1H3. The van der Waals surface area contributed by atoms with Crippen molar-refractivity contribution in [1.82, 2.24) is 0 Å². The van der Waals surface area contributed by atoms with E-state index in [4.69, 9.17) is 4.99 Å². The number of aliphatic imine (C=N–C) groups is 1. The van der Waals surface area contributed by atoms with Gasteiger partial charge in [0.25, 0.3) is 0 Å². The zero-order chi connectivity index (χ0) is 16.1. The molecule has 3 nitrogen and oxygen atoms in total. The first-order valence-electron chi connectivity index (χ1n) is 7.49. The van der Waals surface area contributed by atoms with E-state index in [2.05, 4.69) is 0 Å². The normalized spacial score (nSPS) is 11.3. The van der Waals surface area contributed by atoms with E-state index >= 15 is 0 Å². The molecule has 0 radical (unpaired) electrons. The molecule has 0 heterocycles. The monoisotopic (exact) mass is 302 g/mol. The maximum Gasteiger partial charge on any atom is 0.165 e. The summed E-state index contributed by atoms with van der Waals surface area (Å²) in [7, 11) is 0. The zero-order valence-electron chi connectivity index (χ0n) is 12.9. The molecule has 0 saturated heterocycles. The number of anilines is 1. The highest BCUT2D eigenvalue weighted by molar-refractivity contribution is 6.09. The fourth-order valence-corrected chi connectivity index (χ4v) is 2.32. The molecular weight excluding hydrogens is 284 g/mol. The molecule has 0 unspecified atom stereocenters. The topological polar surface area (TPSA) is 35.8 Å². The second-order valence-corrected chi connectivity index (χ2v) is 5.24. The molecule has 114 valence electrons. The molecule has 23 heavy (non-hydrogen) atoms. The SMILES string of the molecule is Cc1ccccc1N=C(c1ccccc1)N(O)c1ccccc1. The molecule has 0 fully saturated rings. The maximum atomic E-state index is 10.7. The summed E-state index contributed by atoms with van der Waals surface area (Å²) in [6, 6.07) is 26.9. The van der Waals surface area contributed by atoms with Crippen molar-refractivity contribution < 1.29 is 5.21 Å². The first-order valence-corrected chi connectivity index (χ1v) is 7.49. The summed E-state index contributed by atoms with van der Waals surface area (Å²) >= 11 is 0. The molecule has 3 rings (SSSR count). The van der Waals surface area contributed by atoms with Crippen molar-refractivity contribution in [3.63, 3.8) is 0 Å². The number of hydrogen-bond acceptors (Lipinski definition) is 2. The highest BCUT2D eigenvalue weighted by Crippen LogP contribution is 2.22. The minimum Gasteiger partial charge on any atom is -0.282 e. The number of benzene rings is 3. The van der Waals surface area contributed by atoms with Gasteiger partial charge in [-0.15, -0.1) is 0 Å². The Balaban J connectivity index is 2.10. The summed E-state index contributed by atoms with van der Waals surface area (Å²) in [6.45, 7) is 2.01. The Morgan fingerprint density at radius 2 is 1.35 bits per heavy atom. The van der Waals surface area contributed by atoms with Crippen LogP contribution in [-0.4, -0.2) is 11.0 Å². The van der Waals surface area contributed by atoms with E-state index in [0.29, 0.717) is 11.5 Å². The molecule has 0 aliphatic heterocycles. The van der Waals surface area contributed by atoms with Gasteiger partial charge in [-0.05, 0) is 30.7 Å². The quantitative estimate of drug-likeness (QED) is 0.421. The lowest BCUT2D eigenvalue weighted by atomic mass is 10.1. The molecule has 0 aliphatic carbocycles. The van der Waals surface area contributed by atoms with Gasteiger partial charge in [0.15, 0.2) is 5.84 Å². The minimum atomic E-state index is 0.492. The van der Waals surface area contributed by atoms with Crippen molar-refractivity contribution in [1.29, 1.82) is 0 Å². The van der Waals surface area contributed by atoms with E-state index in [1.54, 1.807) is 0 Å². The van der Waals surface area contributed by atoms with Crippen LogP contribution in [0.3, 0.4) is 0 Å². The van der Waals surface area contributed by atoms with Gasteiger partial charge in [0.05, 0.1) is 11.4 Å². The molecule has 3 aromatic carbocycles. The smallest absolute Gasteiger partial charge is 0.165 e. The lowest BCUT2D eigenvalue weighted by Crippen LogP contribution is -2.27. The third-order valence-electron chi connectivity index (χ3n) is 3.58. The van der Waals surface area contributed by atoms with Crippen molar-refractivity contribution in [3.8, 4) is 0 Å². The second kappa shape index (κ2) is 6.90. The Morgan fingerprint density at radius 1 is 0.783 bits per heavy atom. The van der Waals surface area contributed by atoms with Gasteiger partial charge in [-0.1, -0.05) is 66.7 Å². The van der Waals surface area contributed by atoms with E-state index in [1.807, 2.05) is 91.9 Å². The van der Waals surface area contributed by atoms with Gasteiger partial charge in [0, 0.05) is 5.56 Å². The van der Waals surface area contributed by atoms with E-state index in [-0.39, 0.29) is 0 Å². The van der Waals surface area contributed by atoms with Crippen molar-refractivity contribution in [2.24, 2.45) is 4.99 Å². The third kappa shape index (κ3) is 3.47. The fourth-order valence-electron chi connectivity index (χ4n) is 2.32. The molecule has 0 saturated carbocycles. The highest BCUT2D eigenvalue weighted by atomic mass is 16.5. The van der Waals surface area contributed by atoms with Gasteiger partial charge in [0.2, 0.25) is 0 Å². The van der Waals surface area contributed by atoms with E-state index in [9.17, 15) is 5.21 Å². The Morgan fingerprint density at radius 3 is 2.00 bits per heavy atom. The van der Waals surface area contributed by atoms with Crippen LogP contribution in [0.2, 0.25) is 0 Å². The lowest BCUT2D eigenvalue weighted by Gasteiger charge is -2.19. The van der Waals surface area contributed by atoms with Crippen LogP contribution in [0.5, 0.6) is 0 Å². The summed E-state index contributed by atoms with van der Waals surface area (Å²) in [4.78, 5) is 4.70. The molecule has 0 aliphatic rings. The molecule has 0 atom stereocenters. The fraction of sp³-hybridized carbons (Fsp3) is 0.0500. The molecule has 0 amide bonds. The van der Waals surface area contributed by atoms with Crippen molar-refractivity contribution in [3.05, 3.63) is 96.1 Å². The molecule has 3 heteroatoms. The number of hydrogen-bond donors (Lipinski definition) is 1. The first kappa shape index (κ1) is 15.0. The maximum absolute atomic E-state index is 10.7. The van der Waals surface area contributed by atoms with Crippen LogP contribution in [0.1, 0.15) is 11.1 Å². The number of para-hydroxylation sites is 2. The van der Waals surface area contributed by atoms with Crippen molar-refractivity contribution >= 4 is 17.2 Å². The summed E-state index contributed by atoms with van der Waals surface area (Å²) < 4.78 is 0. The molecule has 0 bridgehead atoms. The van der Waals surface area contributed by atoms with Crippen LogP contribution in [0.15, 0.2) is 89.9 Å². The Labute approximate surface area is 136 Å². The Kier molecular flexibility index (Phi) is 4.50. The minimum absolute atomic E-state index is 0.492. The van der Waals surface area contributed by atoms with Gasteiger partial charge in [0.1, 0.15) is 0 Å². The van der Waals surface area contributed by atoms with E-state index < -0.39 is 0 Å². The summed E-state index contributed by atoms with van der Waals surface area (Å²) in [6.07, 6.45) is 0. The number of hydroxylamine groups is 1. The van der Waals surface area contributed by atoms with E-state index in [0.717, 1.165) is 21.9 Å². The summed E-state index contributed by atoms with van der Waals surface area (Å²) in [5.41, 5.74) is 3.41. The number of aryl methyl sites for hydroxylation is 1. The molecular formula is C20H18N2O. The second-order valence-electron chi connectivity index (χ2n) is 5.24. The van der Waals surface area contributed by atoms with Gasteiger partial charge in [-0.3, -0.25) is 5.21 Å². The van der Waals surface area contributed by atoms with Crippen LogP contribution < -0.4 is 5.06 Å². The predicted molar refractivity (Wildman–Crippen MR) is 94.5 cm³/mol. The van der Waals surface area contributed by atoms with Crippen LogP contribution in [0.25, 0.3) is 0 Å².